The molecular weight excluding hydrogens is 265 g/mol. The van der Waals surface area contributed by atoms with Gasteiger partial charge >= 0.3 is 12.1 Å². The minimum absolute atomic E-state index is 0.168. The lowest BCUT2D eigenvalue weighted by Gasteiger charge is -2.28. The summed E-state index contributed by atoms with van der Waals surface area (Å²) in [7, 11) is 0. The van der Waals surface area contributed by atoms with Crippen molar-refractivity contribution in [1.29, 1.82) is 0 Å². The number of carboxylic acid groups (broad SMARTS) is 1. The number of nitrogens with one attached hydrogen (secondary N) is 2. The molecule has 0 bridgehead atoms. The van der Waals surface area contributed by atoms with Crippen LogP contribution < -0.4 is 10.6 Å². The van der Waals surface area contributed by atoms with Crippen molar-refractivity contribution in [3.63, 3.8) is 0 Å². The molecule has 112 valence electrons. The quantitative estimate of drug-likeness (QED) is 0.615. The molecule has 5 nitrogen and oxygen atoms in total. The molecule has 0 aromatic rings. The molecule has 0 aromatic heterocycles. The Hall–Kier alpha value is -1.31. The molecule has 0 aliphatic rings. The van der Waals surface area contributed by atoms with Crippen LogP contribution in [0.2, 0.25) is 0 Å². The molecule has 0 aliphatic carbocycles. The van der Waals surface area contributed by atoms with E-state index in [2.05, 4.69) is 5.32 Å². The molecule has 0 fully saturated rings. The van der Waals surface area contributed by atoms with Gasteiger partial charge in [0.05, 0.1) is 0 Å². The predicted molar refractivity (Wildman–Crippen MR) is 62.6 cm³/mol. The van der Waals surface area contributed by atoms with Crippen LogP contribution in [0.15, 0.2) is 0 Å². The standard InChI is InChI=1S/C11H19F3N2O3/c1-7(2)15-6-4-5-8(17)16-10(3,9(18)19)11(12,13)14/h7,15H,4-6H2,1-3H3,(H,16,17)(H,18,19). The first-order valence-corrected chi connectivity index (χ1v) is 5.85. The molecule has 0 aliphatic heterocycles. The van der Waals surface area contributed by atoms with E-state index in [1.54, 1.807) is 0 Å². The molecule has 0 saturated carbocycles. The van der Waals surface area contributed by atoms with Crippen LogP contribution in [0.4, 0.5) is 13.2 Å². The summed E-state index contributed by atoms with van der Waals surface area (Å²) < 4.78 is 37.8. The van der Waals surface area contributed by atoms with Crippen LogP contribution in [0.3, 0.4) is 0 Å². The molecule has 8 heteroatoms. The number of halogens is 3. The Balaban J connectivity index is 4.39. The number of hydrogen-bond donors (Lipinski definition) is 3. The van der Waals surface area contributed by atoms with Crippen LogP contribution in [-0.4, -0.2) is 41.3 Å². The lowest BCUT2D eigenvalue weighted by Crippen LogP contribution is -2.61. The second-order valence-corrected chi connectivity index (χ2v) is 4.69. The maximum absolute atomic E-state index is 12.6. The van der Waals surface area contributed by atoms with Gasteiger partial charge in [0, 0.05) is 12.5 Å². The number of carbonyl (C=O) groups excluding carboxylic acids is 1. The summed E-state index contributed by atoms with van der Waals surface area (Å²) in [6.07, 6.45) is -4.89. The number of alkyl halides is 3. The summed E-state index contributed by atoms with van der Waals surface area (Å²) >= 11 is 0. The van der Waals surface area contributed by atoms with E-state index in [9.17, 15) is 22.8 Å². The lowest BCUT2D eigenvalue weighted by atomic mass is 10.0. The summed E-state index contributed by atoms with van der Waals surface area (Å²) in [5.41, 5.74) is -3.25. The number of rotatable bonds is 7. The van der Waals surface area contributed by atoms with Crippen molar-refractivity contribution in [2.24, 2.45) is 0 Å². The van der Waals surface area contributed by atoms with Crippen molar-refractivity contribution < 1.29 is 27.9 Å². The first kappa shape index (κ1) is 17.7. The highest BCUT2D eigenvalue weighted by atomic mass is 19.4. The fourth-order valence-electron chi connectivity index (χ4n) is 1.23. The van der Waals surface area contributed by atoms with Crippen molar-refractivity contribution in [2.45, 2.75) is 51.4 Å². The number of carbonyl (C=O) groups is 2. The van der Waals surface area contributed by atoms with Crippen LogP contribution in [0.1, 0.15) is 33.6 Å². The van der Waals surface area contributed by atoms with Gasteiger partial charge in [-0.15, -0.1) is 0 Å². The zero-order valence-electron chi connectivity index (χ0n) is 11.1. The Morgan fingerprint density at radius 3 is 2.16 bits per heavy atom. The summed E-state index contributed by atoms with van der Waals surface area (Å²) in [5.74, 6) is -3.07. The topological polar surface area (TPSA) is 78.4 Å². The second-order valence-electron chi connectivity index (χ2n) is 4.69. The third kappa shape index (κ3) is 5.46. The third-order valence-corrected chi connectivity index (χ3v) is 2.52. The Bertz CT molecular complexity index is 332. The average molecular weight is 284 g/mol. The second kappa shape index (κ2) is 6.74. The lowest BCUT2D eigenvalue weighted by molar-refractivity contribution is -0.207. The van der Waals surface area contributed by atoms with E-state index in [1.165, 1.54) is 5.32 Å². The van der Waals surface area contributed by atoms with E-state index in [4.69, 9.17) is 5.11 Å². The van der Waals surface area contributed by atoms with Crippen LogP contribution >= 0.6 is 0 Å². The summed E-state index contributed by atoms with van der Waals surface area (Å²) in [6.45, 7) is 4.69. The van der Waals surface area contributed by atoms with Gasteiger partial charge in [0.25, 0.3) is 0 Å². The number of carboxylic acids is 1. The molecule has 1 unspecified atom stereocenters. The van der Waals surface area contributed by atoms with Crippen molar-refractivity contribution >= 4 is 11.9 Å². The minimum Gasteiger partial charge on any atom is -0.479 e. The fraction of sp³-hybridized carbons (Fsp3) is 0.818. The highest BCUT2D eigenvalue weighted by Crippen LogP contribution is 2.30. The first-order valence-electron chi connectivity index (χ1n) is 5.85. The zero-order valence-corrected chi connectivity index (χ0v) is 11.1. The van der Waals surface area contributed by atoms with Gasteiger partial charge < -0.3 is 15.7 Å². The van der Waals surface area contributed by atoms with Gasteiger partial charge in [-0.05, 0) is 19.9 Å². The van der Waals surface area contributed by atoms with Crippen molar-refractivity contribution in [3.05, 3.63) is 0 Å². The Labute approximate surface area is 109 Å². The van der Waals surface area contributed by atoms with E-state index in [0.717, 1.165) is 0 Å². The van der Waals surface area contributed by atoms with Gasteiger partial charge in [-0.3, -0.25) is 4.79 Å². The summed E-state index contributed by atoms with van der Waals surface area (Å²) in [4.78, 5) is 22.0. The monoisotopic (exact) mass is 284 g/mol. The molecule has 0 heterocycles. The zero-order chi connectivity index (χ0) is 15.3. The summed E-state index contributed by atoms with van der Waals surface area (Å²) in [5, 5.41) is 13.1. The molecule has 0 spiro atoms. The number of aliphatic carboxylic acids is 1. The molecular formula is C11H19F3N2O3. The molecule has 0 radical (unpaired) electrons. The van der Waals surface area contributed by atoms with Gasteiger partial charge in [0.2, 0.25) is 11.4 Å². The molecule has 1 amide bonds. The molecule has 3 N–H and O–H groups in total. The largest absolute Gasteiger partial charge is 0.479 e. The van der Waals surface area contributed by atoms with Gasteiger partial charge in [0.15, 0.2) is 0 Å². The van der Waals surface area contributed by atoms with Gasteiger partial charge in [0.1, 0.15) is 0 Å². The predicted octanol–water partition coefficient (Wildman–Crippen LogP) is 1.29. The van der Waals surface area contributed by atoms with E-state index in [0.29, 0.717) is 19.9 Å². The third-order valence-electron chi connectivity index (χ3n) is 2.52. The van der Waals surface area contributed by atoms with Gasteiger partial charge in [-0.2, -0.15) is 13.2 Å². The first-order chi connectivity index (χ1) is 8.50. The highest BCUT2D eigenvalue weighted by Gasteiger charge is 2.58. The van der Waals surface area contributed by atoms with Crippen LogP contribution in [-0.2, 0) is 9.59 Å². The maximum Gasteiger partial charge on any atom is 0.422 e. The average Bonchev–Trinajstić information content (AvgIpc) is 2.22. The number of hydrogen-bond acceptors (Lipinski definition) is 3. The van der Waals surface area contributed by atoms with Gasteiger partial charge in [-0.25, -0.2) is 4.79 Å². The van der Waals surface area contributed by atoms with Crippen LogP contribution in [0, 0.1) is 0 Å². The smallest absolute Gasteiger partial charge is 0.422 e. The van der Waals surface area contributed by atoms with Crippen molar-refractivity contribution in [1.82, 2.24) is 10.6 Å². The molecule has 0 aromatic carbocycles. The Morgan fingerprint density at radius 1 is 1.26 bits per heavy atom. The van der Waals surface area contributed by atoms with E-state index in [1.807, 2.05) is 13.8 Å². The van der Waals surface area contributed by atoms with Crippen molar-refractivity contribution in [2.75, 3.05) is 6.54 Å². The maximum atomic E-state index is 12.6. The van der Waals surface area contributed by atoms with Gasteiger partial charge in [-0.1, -0.05) is 13.8 Å². The molecule has 0 rings (SSSR count). The van der Waals surface area contributed by atoms with E-state index >= 15 is 0 Å². The SMILES string of the molecule is CC(C)NCCCC(=O)NC(C)(C(=O)O)C(F)(F)F. The molecule has 19 heavy (non-hydrogen) atoms. The normalized spacial score (nSPS) is 15.1. The molecule has 0 saturated heterocycles. The fourth-order valence-corrected chi connectivity index (χ4v) is 1.23. The minimum atomic E-state index is -5.05. The Morgan fingerprint density at radius 2 is 1.79 bits per heavy atom. The van der Waals surface area contributed by atoms with Crippen LogP contribution in [0.5, 0.6) is 0 Å². The molecule has 1 atom stereocenters. The summed E-state index contributed by atoms with van der Waals surface area (Å²) in [6, 6.07) is 0.211. The van der Waals surface area contributed by atoms with E-state index in [-0.39, 0.29) is 12.5 Å². The van der Waals surface area contributed by atoms with Crippen LogP contribution in [0.25, 0.3) is 0 Å². The highest BCUT2D eigenvalue weighted by molar-refractivity contribution is 5.87. The Kier molecular flexibility index (Phi) is 6.28. The number of amides is 1. The van der Waals surface area contributed by atoms with E-state index < -0.39 is 23.6 Å². The van der Waals surface area contributed by atoms with Crippen molar-refractivity contribution in [3.8, 4) is 0 Å².